The van der Waals surface area contributed by atoms with Crippen molar-refractivity contribution < 1.29 is 4.52 Å². The highest BCUT2D eigenvalue weighted by molar-refractivity contribution is 5.46. The average Bonchev–Trinajstić information content (AvgIpc) is 2.83. The van der Waals surface area contributed by atoms with Gasteiger partial charge < -0.3 is 4.52 Å². The molecule has 1 atom stereocenters. The number of aryl methyl sites for hydroxylation is 1. The van der Waals surface area contributed by atoms with Gasteiger partial charge in [0.15, 0.2) is 0 Å². The van der Waals surface area contributed by atoms with Gasteiger partial charge in [-0.1, -0.05) is 18.0 Å². The SMILES string of the molecule is Cc1ccc(-c2noc([C@@H]3CCCCCN3C)n2)nn1. The van der Waals surface area contributed by atoms with Gasteiger partial charge in [0.2, 0.25) is 11.7 Å². The second-order valence-electron chi connectivity index (χ2n) is 5.36. The molecule has 1 aliphatic rings. The van der Waals surface area contributed by atoms with Gasteiger partial charge >= 0.3 is 0 Å². The summed E-state index contributed by atoms with van der Waals surface area (Å²) >= 11 is 0. The Bertz CT molecular complexity index is 565. The molecular weight excluding hydrogens is 254 g/mol. The van der Waals surface area contributed by atoms with Gasteiger partial charge in [-0.05, 0) is 45.5 Å². The lowest BCUT2D eigenvalue weighted by Gasteiger charge is -2.21. The zero-order valence-corrected chi connectivity index (χ0v) is 11.9. The predicted octanol–water partition coefficient (Wildman–Crippen LogP) is 2.38. The molecule has 0 unspecified atom stereocenters. The number of nitrogens with zero attached hydrogens (tertiary/aromatic N) is 5. The van der Waals surface area contributed by atoms with Crippen LogP contribution in [-0.2, 0) is 0 Å². The summed E-state index contributed by atoms with van der Waals surface area (Å²) in [7, 11) is 2.12. The largest absolute Gasteiger partial charge is 0.337 e. The first-order chi connectivity index (χ1) is 9.74. The predicted molar refractivity (Wildman–Crippen MR) is 73.9 cm³/mol. The van der Waals surface area contributed by atoms with Crippen molar-refractivity contribution in [3.8, 4) is 11.5 Å². The summed E-state index contributed by atoms with van der Waals surface area (Å²) in [6.45, 7) is 2.98. The van der Waals surface area contributed by atoms with Crippen LogP contribution in [0, 0.1) is 6.92 Å². The molecule has 3 rings (SSSR count). The van der Waals surface area contributed by atoms with Crippen molar-refractivity contribution in [2.45, 2.75) is 38.6 Å². The summed E-state index contributed by atoms with van der Waals surface area (Å²) in [6, 6.07) is 3.99. The highest BCUT2D eigenvalue weighted by Gasteiger charge is 2.25. The minimum atomic E-state index is 0.220. The van der Waals surface area contributed by atoms with Crippen LogP contribution in [0.4, 0.5) is 0 Å². The maximum absolute atomic E-state index is 5.44. The summed E-state index contributed by atoms with van der Waals surface area (Å²) in [5.41, 5.74) is 1.53. The minimum Gasteiger partial charge on any atom is -0.337 e. The maximum Gasteiger partial charge on any atom is 0.244 e. The van der Waals surface area contributed by atoms with E-state index in [1.54, 1.807) is 0 Å². The monoisotopic (exact) mass is 273 g/mol. The first-order valence-electron chi connectivity index (χ1n) is 7.08. The summed E-state index contributed by atoms with van der Waals surface area (Å²) in [6.07, 6.45) is 4.78. The number of hydrogen-bond acceptors (Lipinski definition) is 6. The fourth-order valence-electron chi connectivity index (χ4n) is 2.56. The smallest absolute Gasteiger partial charge is 0.244 e. The van der Waals surface area contributed by atoms with Crippen molar-refractivity contribution in [2.24, 2.45) is 0 Å². The lowest BCUT2D eigenvalue weighted by Crippen LogP contribution is -2.24. The molecule has 1 fully saturated rings. The van der Waals surface area contributed by atoms with Gasteiger partial charge in [0.25, 0.3) is 0 Å². The Balaban J connectivity index is 1.83. The molecule has 2 aromatic rings. The standard InChI is InChI=1S/C14H19N5O/c1-10-7-8-11(17-16-10)13-15-14(20-18-13)12-6-4-3-5-9-19(12)2/h7-8,12H,3-6,9H2,1-2H3/t12-/m0/s1. The lowest BCUT2D eigenvalue weighted by molar-refractivity contribution is 0.198. The Morgan fingerprint density at radius 3 is 2.90 bits per heavy atom. The van der Waals surface area contributed by atoms with Gasteiger partial charge in [-0.25, -0.2) is 0 Å². The highest BCUT2D eigenvalue weighted by Crippen LogP contribution is 2.28. The van der Waals surface area contributed by atoms with Gasteiger partial charge in [-0.3, -0.25) is 4.90 Å². The van der Waals surface area contributed by atoms with Crippen molar-refractivity contribution in [3.05, 3.63) is 23.7 Å². The third-order valence-corrected chi connectivity index (χ3v) is 3.77. The van der Waals surface area contributed by atoms with Crippen LogP contribution in [-0.4, -0.2) is 38.8 Å². The van der Waals surface area contributed by atoms with Gasteiger partial charge in [-0.15, -0.1) is 5.10 Å². The van der Waals surface area contributed by atoms with Crippen LogP contribution in [0.25, 0.3) is 11.5 Å². The van der Waals surface area contributed by atoms with Gasteiger partial charge in [0, 0.05) is 0 Å². The van der Waals surface area contributed by atoms with Gasteiger partial charge in [0.1, 0.15) is 5.69 Å². The number of rotatable bonds is 2. The van der Waals surface area contributed by atoms with Crippen molar-refractivity contribution in [1.82, 2.24) is 25.2 Å². The molecule has 1 aliphatic heterocycles. The zero-order chi connectivity index (χ0) is 13.9. The third kappa shape index (κ3) is 2.70. The molecule has 3 heterocycles. The summed E-state index contributed by atoms with van der Waals surface area (Å²) < 4.78 is 5.44. The minimum absolute atomic E-state index is 0.220. The molecular formula is C14H19N5O. The number of hydrogen-bond donors (Lipinski definition) is 0. The van der Waals surface area contributed by atoms with E-state index in [2.05, 4.69) is 32.3 Å². The quantitative estimate of drug-likeness (QED) is 0.836. The summed E-state index contributed by atoms with van der Waals surface area (Å²) in [4.78, 5) is 6.80. The molecule has 106 valence electrons. The average molecular weight is 273 g/mol. The topological polar surface area (TPSA) is 67.9 Å². The molecule has 6 nitrogen and oxygen atoms in total. The molecule has 0 aliphatic carbocycles. The van der Waals surface area contributed by atoms with Crippen molar-refractivity contribution in [2.75, 3.05) is 13.6 Å². The van der Waals surface area contributed by atoms with Crippen molar-refractivity contribution in [1.29, 1.82) is 0 Å². The third-order valence-electron chi connectivity index (χ3n) is 3.77. The zero-order valence-electron chi connectivity index (χ0n) is 11.9. The Hall–Kier alpha value is -1.82. The lowest BCUT2D eigenvalue weighted by atomic mass is 10.1. The number of likely N-dealkylation sites (tertiary alicyclic amines) is 1. The molecule has 0 aromatic carbocycles. The van der Waals surface area contributed by atoms with Crippen molar-refractivity contribution in [3.63, 3.8) is 0 Å². The Labute approximate surface area is 118 Å². The van der Waals surface area contributed by atoms with Crippen LogP contribution in [0.3, 0.4) is 0 Å². The first-order valence-corrected chi connectivity index (χ1v) is 7.08. The summed E-state index contributed by atoms with van der Waals surface area (Å²) in [5.74, 6) is 1.21. The van der Waals surface area contributed by atoms with Crippen molar-refractivity contribution >= 4 is 0 Å². The molecule has 0 amide bonds. The molecule has 6 heteroatoms. The molecule has 2 aromatic heterocycles. The first kappa shape index (κ1) is 13.2. The second-order valence-corrected chi connectivity index (χ2v) is 5.36. The Kier molecular flexibility index (Phi) is 3.73. The molecule has 0 radical (unpaired) electrons. The molecule has 20 heavy (non-hydrogen) atoms. The van der Waals surface area contributed by atoms with Crippen LogP contribution in [0.2, 0.25) is 0 Å². The van der Waals surface area contributed by atoms with Gasteiger partial charge in [0.05, 0.1) is 11.7 Å². The maximum atomic E-state index is 5.44. The van der Waals surface area contributed by atoms with Crippen LogP contribution < -0.4 is 0 Å². The van der Waals surface area contributed by atoms with E-state index in [9.17, 15) is 0 Å². The number of aromatic nitrogens is 4. The fourth-order valence-corrected chi connectivity index (χ4v) is 2.56. The molecule has 0 saturated carbocycles. The van der Waals surface area contributed by atoms with E-state index in [4.69, 9.17) is 4.52 Å². The Morgan fingerprint density at radius 2 is 2.10 bits per heavy atom. The molecule has 1 saturated heterocycles. The van der Waals surface area contributed by atoms with Crippen LogP contribution in [0.1, 0.15) is 43.3 Å². The van der Waals surface area contributed by atoms with E-state index in [0.717, 1.165) is 18.7 Å². The van der Waals surface area contributed by atoms with E-state index < -0.39 is 0 Å². The molecule has 0 N–H and O–H groups in total. The molecule has 0 spiro atoms. The molecule has 0 bridgehead atoms. The highest BCUT2D eigenvalue weighted by atomic mass is 16.5. The van der Waals surface area contributed by atoms with E-state index >= 15 is 0 Å². The van der Waals surface area contributed by atoms with E-state index in [1.165, 1.54) is 19.3 Å². The van der Waals surface area contributed by atoms with Crippen LogP contribution in [0.15, 0.2) is 16.7 Å². The van der Waals surface area contributed by atoms with Gasteiger partial charge in [-0.2, -0.15) is 10.1 Å². The van der Waals surface area contributed by atoms with Crippen LogP contribution >= 0.6 is 0 Å². The van der Waals surface area contributed by atoms with E-state index in [0.29, 0.717) is 17.4 Å². The Morgan fingerprint density at radius 1 is 1.20 bits per heavy atom. The fraction of sp³-hybridized carbons (Fsp3) is 0.571. The normalized spacial score (nSPS) is 20.8. The second kappa shape index (κ2) is 5.66. The van der Waals surface area contributed by atoms with E-state index in [-0.39, 0.29) is 6.04 Å². The van der Waals surface area contributed by atoms with Crippen LogP contribution in [0.5, 0.6) is 0 Å². The van der Waals surface area contributed by atoms with E-state index in [1.807, 2.05) is 19.1 Å². The summed E-state index contributed by atoms with van der Waals surface area (Å²) in [5, 5.41) is 12.2.